The minimum absolute atomic E-state index is 0.448. The molecule has 1 aromatic heterocycles. The van der Waals surface area contributed by atoms with Crippen LogP contribution in [0.5, 0.6) is 0 Å². The summed E-state index contributed by atoms with van der Waals surface area (Å²) in [5, 5.41) is 5.23. The second-order valence-electron chi connectivity index (χ2n) is 12.1. The van der Waals surface area contributed by atoms with Gasteiger partial charge in [-0.2, -0.15) is 0 Å². The fourth-order valence-corrected chi connectivity index (χ4v) is 7.37. The number of nitrogens with zero attached hydrogens (tertiary/aromatic N) is 5. The molecule has 0 saturated carbocycles. The summed E-state index contributed by atoms with van der Waals surface area (Å²) in [4.78, 5) is 17.4. The molecule has 2 fully saturated rings. The van der Waals surface area contributed by atoms with Crippen molar-refractivity contribution in [3.8, 4) is 17.1 Å². The van der Waals surface area contributed by atoms with Gasteiger partial charge in [0.2, 0.25) is 0 Å². The van der Waals surface area contributed by atoms with Crippen LogP contribution in [0.25, 0.3) is 28.1 Å². The van der Waals surface area contributed by atoms with Crippen LogP contribution in [0.15, 0.2) is 90.2 Å². The first-order valence-corrected chi connectivity index (χ1v) is 16.2. The van der Waals surface area contributed by atoms with Crippen molar-refractivity contribution in [1.29, 1.82) is 0 Å². The van der Waals surface area contributed by atoms with Gasteiger partial charge in [0.05, 0.1) is 45.4 Å². The third kappa shape index (κ3) is 5.91. The van der Waals surface area contributed by atoms with Crippen LogP contribution in [-0.2, 0) is 0 Å². The van der Waals surface area contributed by atoms with E-state index in [1.54, 1.807) is 6.20 Å². The molecule has 0 unspecified atom stereocenters. The molecule has 4 aliphatic rings. The molecule has 0 spiro atoms. The van der Waals surface area contributed by atoms with E-state index >= 15 is 0 Å². The zero-order chi connectivity index (χ0) is 29.1. The van der Waals surface area contributed by atoms with Crippen molar-refractivity contribution in [3.63, 3.8) is 0 Å². The summed E-state index contributed by atoms with van der Waals surface area (Å²) >= 11 is 6.28. The molecule has 2 aromatic carbocycles. The van der Waals surface area contributed by atoms with Crippen molar-refractivity contribution < 1.29 is 0 Å². The van der Waals surface area contributed by atoms with E-state index in [0.717, 1.165) is 62.8 Å². The van der Waals surface area contributed by atoms with Gasteiger partial charge in [-0.05, 0) is 119 Å². The molecule has 0 amide bonds. The molecule has 0 radical (unpaired) electrons. The molecule has 1 N–H and O–H groups in total. The number of fused-ring (bicyclic) bond motifs is 3. The minimum atomic E-state index is 0.448. The van der Waals surface area contributed by atoms with E-state index in [4.69, 9.17) is 21.6 Å². The Labute approximate surface area is 258 Å². The van der Waals surface area contributed by atoms with Crippen LogP contribution in [0.4, 0.5) is 11.4 Å². The lowest BCUT2D eigenvalue weighted by molar-refractivity contribution is 0.00364. The molecule has 0 atom stereocenters. The fraction of sp³-hybridized carbons (Fsp3) is 0.361. The molecule has 2 saturated heterocycles. The lowest BCUT2D eigenvalue weighted by atomic mass is 9.76. The summed E-state index contributed by atoms with van der Waals surface area (Å²) in [7, 11) is 0. The van der Waals surface area contributed by atoms with Crippen LogP contribution < -0.4 is 10.7 Å². The summed E-state index contributed by atoms with van der Waals surface area (Å²) < 4.78 is 2.26. The van der Waals surface area contributed by atoms with Crippen LogP contribution >= 0.6 is 11.6 Å². The van der Waals surface area contributed by atoms with Crippen LogP contribution in [0.3, 0.4) is 0 Å². The third-order valence-corrected chi connectivity index (χ3v) is 9.62. The first-order chi connectivity index (χ1) is 21.2. The number of para-hydroxylation sites is 2. The summed E-state index contributed by atoms with van der Waals surface area (Å²) in [6.45, 7) is 3.38. The van der Waals surface area contributed by atoms with Crippen molar-refractivity contribution in [1.82, 2.24) is 19.4 Å². The first kappa shape index (κ1) is 28.1. The first-order valence-electron chi connectivity index (χ1n) is 15.8. The number of hydrogen-bond donors (Lipinski definition) is 1. The molecule has 4 heterocycles. The second-order valence-corrected chi connectivity index (χ2v) is 12.5. The predicted molar refractivity (Wildman–Crippen MR) is 177 cm³/mol. The SMILES string of the molecule is Clc1ccc(-n2c3cc(=NCCCCC45CCCCN4CCCC5)c(Nc4cccnc4)cc-3nc3ccccc32)cc1. The molecule has 3 aromatic rings. The molecule has 3 aliphatic heterocycles. The van der Waals surface area contributed by atoms with Gasteiger partial charge in [0.1, 0.15) is 0 Å². The van der Waals surface area contributed by atoms with E-state index in [9.17, 15) is 0 Å². The standard InChI is InChI=1S/C36H39ClN6/c37-27-13-15-29(16-14-27)43-34-12-2-1-11-30(34)41-33-24-32(40-28-10-9-20-38-26-28)31(25-35(33)43)39-21-6-3-17-36-18-4-7-22-42(36)23-8-5-19-36/h1-2,9-16,20,24-26,40H,3-8,17-19,21-23H2. The van der Waals surface area contributed by atoms with Crippen LogP contribution in [0.1, 0.15) is 57.8 Å². The van der Waals surface area contributed by atoms with Gasteiger partial charge in [-0.25, -0.2) is 4.98 Å². The maximum atomic E-state index is 6.28. The van der Waals surface area contributed by atoms with Crippen molar-refractivity contribution in [2.24, 2.45) is 4.99 Å². The quantitative estimate of drug-likeness (QED) is 0.146. The van der Waals surface area contributed by atoms with Crippen LogP contribution in [-0.4, -0.2) is 44.6 Å². The number of pyridine rings is 1. The highest BCUT2D eigenvalue weighted by molar-refractivity contribution is 6.30. The van der Waals surface area contributed by atoms with E-state index < -0.39 is 0 Å². The van der Waals surface area contributed by atoms with Gasteiger partial charge in [0.15, 0.2) is 0 Å². The number of piperidine rings is 2. The van der Waals surface area contributed by atoms with Gasteiger partial charge in [-0.15, -0.1) is 0 Å². The average Bonchev–Trinajstić information content (AvgIpc) is 3.05. The summed E-state index contributed by atoms with van der Waals surface area (Å²) in [5.41, 5.74) is 7.23. The lowest BCUT2D eigenvalue weighted by Gasteiger charge is -2.51. The van der Waals surface area contributed by atoms with Crippen molar-refractivity contribution in [2.45, 2.75) is 63.3 Å². The topological polar surface area (TPSA) is 58.3 Å². The van der Waals surface area contributed by atoms with E-state index in [-0.39, 0.29) is 0 Å². The van der Waals surface area contributed by atoms with Crippen molar-refractivity contribution in [3.05, 3.63) is 95.6 Å². The number of unbranched alkanes of at least 4 members (excludes halogenated alkanes) is 1. The Kier molecular flexibility index (Phi) is 8.14. The maximum absolute atomic E-state index is 6.28. The predicted octanol–water partition coefficient (Wildman–Crippen LogP) is 8.40. The zero-order valence-corrected chi connectivity index (χ0v) is 25.4. The Balaban J connectivity index is 1.25. The molecule has 43 heavy (non-hydrogen) atoms. The highest BCUT2D eigenvalue weighted by Crippen LogP contribution is 2.40. The second kappa shape index (κ2) is 12.5. The highest BCUT2D eigenvalue weighted by Gasteiger charge is 2.39. The number of nitrogens with one attached hydrogen (secondary N) is 1. The van der Waals surface area contributed by atoms with Gasteiger partial charge in [0.25, 0.3) is 0 Å². The molecule has 0 bridgehead atoms. The number of aromatic nitrogens is 3. The van der Waals surface area contributed by atoms with E-state index in [1.807, 2.05) is 36.5 Å². The Morgan fingerprint density at radius 3 is 2.49 bits per heavy atom. The summed E-state index contributed by atoms with van der Waals surface area (Å²) in [5.74, 6) is 0. The van der Waals surface area contributed by atoms with Gasteiger partial charge in [0, 0.05) is 29.0 Å². The van der Waals surface area contributed by atoms with E-state index in [0.29, 0.717) is 5.54 Å². The number of rotatable bonds is 8. The molecule has 7 rings (SSSR count). The van der Waals surface area contributed by atoms with E-state index in [2.05, 4.69) is 62.2 Å². The van der Waals surface area contributed by atoms with E-state index in [1.165, 1.54) is 64.5 Å². The number of anilines is 2. The van der Waals surface area contributed by atoms with Crippen LogP contribution in [0, 0.1) is 0 Å². The Morgan fingerprint density at radius 1 is 0.884 bits per heavy atom. The maximum Gasteiger partial charge on any atom is 0.0900 e. The summed E-state index contributed by atoms with van der Waals surface area (Å²) in [6, 6.07) is 24.6. The molecule has 1 aliphatic carbocycles. The Morgan fingerprint density at radius 2 is 1.70 bits per heavy atom. The Bertz CT molecular complexity index is 1720. The molecular weight excluding hydrogens is 552 g/mol. The minimum Gasteiger partial charge on any atom is -0.352 e. The number of halogens is 1. The highest BCUT2D eigenvalue weighted by atomic mass is 35.5. The van der Waals surface area contributed by atoms with Crippen molar-refractivity contribution >= 4 is 34.0 Å². The molecule has 7 heteroatoms. The van der Waals surface area contributed by atoms with Gasteiger partial charge < -0.3 is 9.88 Å². The van der Waals surface area contributed by atoms with Crippen molar-refractivity contribution in [2.75, 3.05) is 25.0 Å². The van der Waals surface area contributed by atoms with Gasteiger partial charge in [-0.1, -0.05) is 36.6 Å². The summed E-state index contributed by atoms with van der Waals surface area (Å²) in [6.07, 6.45) is 15.5. The Hall–Kier alpha value is -3.74. The number of benzene rings is 3. The molecule has 220 valence electrons. The van der Waals surface area contributed by atoms with Gasteiger partial charge in [-0.3, -0.25) is 14.9 Å². The van der Waals surface area contributed by atoms with Gasteiger partial charge >= 0.3 is 0 Å². The number of hydrogen-bond acceptors (Lipinski definition) is 5. The van der Waals surface area contributed by atoms with Crippen LogP contribution in [0.2, 0.25) is 5.02 Å². The fourth-order valence-electron chi connectivity index (χ4n) is 7.25. The normalized spacial score (nSPS) is 17.3. The molecular formula is C36H39ClN6. The average molecular weight is 591 g/mol. The monoisotopic (exact) mass is 590 g/mol. The smallest absolute Gasteiger partial charge is 0.0900 e. The lowest BCUT2D eigenvalue weighted by Crippen LogP contribution is -2.54. The molecule has 6 nitrogen and oxygen atoms in total. The largest absolute Gasteiger partial charge is 0.352 e. The third-order valence-electron chi connectivity index (χ3n) is 9.37. The zero-order valence-electron chi connectivity index (χ0n) is 24.7.